The fraction of sp³-hybridized carbons (Fsp3) is 0.917. The van der Waals surface area contributed by atoms with Gasteiger partial charge in [0, 0.05) is 18.4 Å². The molecule has 0 saturated carbocycles. The highest BCUT2D eigenvalue weighted by molar-refractivity contribution is 5.68. The van der Waals surface area contributed by atoms with Crippen molar-refractivity contribution in [1.82, 2.24) is 4.90 Å². The second-order valence-electron chi connectivity index (χ2n) is 5.92. The fourth-order valence-electron chi connectivity index (χ4n) is 2.52. The van der Waals surface area contributed by atoms with Crippen molar-refractivity contribution in [3.8, 4) is 0 Å². The topological polar surface area (TPSA) is 64.8 Å². The molecule has 1 amide bonds. The normalized spacial score (nSPS) is 32.7. The Morgan fingerprint density at radius 2 is 2.18 bits per heavy atom. The summed E-state index contributed by atoms with van der Waals surface area (Å²) >= 11 is 0. The molecular formula is C12H22N2O3. The van der Waals surface area contributed by atoms with Crippen molar-refractivity contribution in [2.75, 3.05) is 26.2 Å². The summed E-state index contributed by atoms with van der Waals surface area (Å²) in [6.07, 6.45) is -0.0951. The highest BCUT2D eigenvalue weighted by Crippen LogP contribution is 2.33. The number of ether oxygens (including phenoxy) is 2. The molecule has 0 radical (unpaired) electrons. The molecular weight excluding hydrogens is 220 g/mol. The summed E-state index contributed by atoms with van der Waals surface area (Å²) in [5.41, 5.74) is 5.26. The van der Waals surface area contributed by atoms with E-state index in [1.807, 2.05) is 20.8 Å². The van der Waals surface area contributed by atoms with Crippen molar-refractivity contribution in [2.24, 2.45) is 17.6 Å². The molecule has 2 heterocycles. The number of fused-ring (bicyclic) bond motifs is 1. The Hall–Kier alpha value is -0.810. The van der Waals surface area contributed by atoms with E-state index < -0.39 is 5.60 Å². The number of nitrogens with two attached hydrogens (primary N) is 1. The largest absolute Gasteiger partial charge is 0.444 e. The lowest BCUT2D eigenvalue weighted by Gasteiger charge is -2.25. The van der Waals surface area contributed by atoms with Gasteiger partial charge in [-0.1, -0.05) is 0 Å². The van der Waals surface area contributed by atoms with Gasteiger partial charge in [-0.15, -0.1) is 0 Å². The zero-order chi connectivity index (χ0) is 12.6. The summed E-state index contributed by atoms with van der Waals surface area (Å²) in [6, 6.07) is 0. The Kier molecular flexibility index (Phi) is 3.32. The van der Waals surface area contributed by atoms with Crippen molar-refractivity contribution in [3.05, 3.63) is 0 Å². The van der Waals surface area contributed by atoms with E-state index in [-0.39, 0.29) is 12.2 Å². The number of likely N-dealkylation sites (tertiary alicyclic amines) is 1. The molecule has 2 aliphatic rings. The van der Waals surface area contributed by atoms with Crippen LogP contribution in [0.4, 0.5) is 4.79 Å². The highest BCUT2D eigenvalue weighted by Gasteiger charge is 2.45. The third-order valence-electron chi connectivity index (χ3n) is 3.39. The third kappa shape index (κ3) is 2.72. The fourth-order valence-corrected chi connectivity index (χ4v) is 2.52. The number of nitrogens with zero attached hydrogens (tertiary/aromatic N) is 1. The molecule has 98 valence electrons. The second-order valence-corrected chi connectivity index (χ2v) is 5.92. The molecule has 2 saturated heterocycles. The summed E-state index contributed by atoms with van der Waals surface area (Å²) in [5, 5.41) is 0. The summed E-state index contributed by atoms with van der Waals surface area (Å²) < 4.78 is 11.0. The van der Waals surface area contributed by atoms with E-state index in [0.29, 0.717) is 31.5 Å². The van der Waals surface area contributed by atoms with Crippen LogP contribution in [0.5, 0.6) is 0 Å². The van der Waals surface area contributed by atoms with Crippen LogP contribution in [0.1, 0.15) is 20.8 Å². The number of hydrogen-bond acceptors (Lipinski definition) is 4. The predicted molar refractivity (Wildman–Crippen MR) is 63.6 cm³/mol. The Morgan fingerprint density at radius 3 is 2.76 bits per heavy atom. The van der Waals surface area contributed by atoms with Gasteiger partial charge in [0.15, 0.2) is 0 Å². The number of hydrogen-bond donors (Lipinski definition) is 1. The molecule has 0 bridgehead atoms. The molecule has 5 nitrogen and oxygen atoms in total. The number of carbonyl (C=O) groups excluding carboxylic acids is 1. The van der Waals surface area contributed by atoms with Crippen LogP contribution in [0.15, 0.2) is 0 Å². The zero-order valence-electron chi connectivity index (χ0n) is 10.8. The first-order valence-electron chi connectivity index (χ1n) is 6.20. The van der Waals surface area contributed by atoms with Crippen LogP contribution < -0.4 is 5.73 Å². The van der Waals surface area contributed by atoms with Crippen LogP contribution in [0.2, 0.25) is 0 Å². The molecule has 5 heteroatoms. The lowest BCUT2D eigenvalue weighted by atomic mass is 9.93. The maximum Gasteiger partial charge on any atom is 0.410 e. The molecule has 2 N–H and O–H groups in total. The summed E-state index contributed by atoms with van der Waals surface area (Å²) in [5.74, 6) is 0.764. The maximum absolute atomic E-state index is 11.9. The molecule has 3 atom stereocenters. The van der Waals surface area contributed by atoms with Crippen LogP contribution in [-0.2, 0) is 9.47 Å². The molecule has 2 rings (SSSR count). The minimum absolute atomic E-state index is 0.149. The molecule has 0 aliphatic carbocycles. The van der Waals surface area contributed by atoms with Gasteiger partial charge >= 0.3 is 6.09 Å². The standard InChI is InChI=1S/C12H22N2O3/c1-12(2,3)17-11(15)14-5-9-8(4-13)7-16-10(9)6-14/h8-10H,4-7,13H2,1-3H3/t8?,9?,10-/m1/s1. The predicted octanol–water partition coefficient (Wildman–Crippen LogP) is 0.827. The molecule has 17 heavy (non-hydrogen) atoms. The first-order chi connectivity index (χ1) is 7.90. The highest BCUT2D eigenvalue weighted by atomic mass is 16.6. The van der Waals surface area contributed by atoms with Gasteiger partial charge in [0.05, 0.1) is 19.3 Å². The van der Waals surface area contributed by atoms with Gasteiger partial charge in [-0.2, -0.15) is 0 Å². The van der Waals surface area contributed by atoms with E-state index in [1.165, 1.54) is 0 Å². The van der Waals surface area contributed by atoms with Crippen molar-refractivity contribution in [3.63, 3.8) is 0 Å². The quantitative estimate of drug-likeness (QED) is 0.739. The van der Waals surface area contributed by atoms with Gasteiger partial charge in [0.1, 0.15) is 5.60 Å². The van der Waals surface area contributed by atoms with Gasteiger partial charge in [-0.25, -0.2) is 4.79 Å². The van der Waals surface area contributed by atoms with Crippen LogP contribution in [-0.4, -0.2) is 48.9 Å². The number of amides is 1. The Morgan fingerprint density at radius 1 is 1.47 bits per heavy atom. The van der Waals surface area contributed by atoms with Crippen molar-refractivity contribution < 1.29 is 14.3 Å². The number of carbonyl (C=O) groups is 1. The van der Waals surface area contributed by atoms with Crippen LogP contribution in [0.25, 0.3) is 0 Å². The second kappa shape index (κ2) is 4.46. The SMILES string of the molecule is CC(C)(C)OC(=O)N1CC2C(CN)CO[C@@H]2C1. The van der Waals surface area contributed by atoms with Crippen molar-refractivity contribution in [1.29, 1.82) is 0 Å². The van der Waals surface area contributed by atoms with E-state index in [4.69, 9.17) is 15.2 Å². The van der Waals surface area contributed by atoms with Crippen molar-refractivity contribution in [2.45, 2.75) is 32.5 Å². The molecule has 2 fully saturated rings. The van der Waals surface area contributed by atoms with Crippen LogP contribution in [0.3, 0.4) is 0 Å². The first kappa shape index (κ1) is 12.6. The van der Waals surface area contributed by atoms with E-state index in [1.54, 1.807) is 4.90 Å². The molecule has 0 aromatic heterocycles. The molecule has 0 spiro atoms. The molecule has 0 aromatic carbocycles. The summed E-state index contributed by atoms with van der Waals surface area (Å²) in [4.78, 5) is 13.6. The molecule has 2 aliphatic heterocycles. The minimum atomic E-state index is -0.442. The van der Waals surface area contributed by atoms with Crippen LogP contribution in [0, 0.1) is 11.8 Å². The molecule has 2 unspecified atom stereocenters. The van der Waals surface area contributed by atoms with Gasteiger partial charge in [-0.05, 0) is 27.3 Å². The summed E-state index contributed by atoms with van der Waals surface area (Å²) in [7, 11) is 0. The maximum atomic E-state index is 11.9. The summed E-state index contributed by atoms with van der Waals surface area (Å²) in [6.45, 7) is 8.33. The molecule has 0 aromatic rings. The Bertz CT molecular complexity index is 301. The smallest absolute Gasteiger partial charge is 0.410 e. The Labute approximate surface area is 102 Å². The van der Waals surface area contributed by atoms with Gasteiger partial charge in [0.25, 0.3) is 0 Å². The van der Waals surface area contributed by atoms with E-state index >= 15 is 0 Å². The monoisotopic (exact) mass is 242 g/mol. The van der Waals surface area contributed by atoms with Gasteiger partial charge < -0.3 is 20.1 Å². The lowest BCUT2D eigenvalue weighted by molar-refractivity contribution is 0.0224. The van der Waals surface area contributed by atoms with Gasteiger partial charge in [0.2, 0.25) is 0 Å². The lowest BCUT2D eigenvalue weighted by Crippen LogP contribution is -2.37. The first-order valence-corrected chi connectivity index (χ1v) is 6.20. The zero-order valence-corrected chi connectivity index (χ0v) is 10.8. The average molecular weight is 242 g/mol. The Balaban J connectivity index is 1.92. The average Bonchev–Trinajstić information content (AvgIpc) is 2.72. The van der Waals surface area contributed by atoms with Gasteiger partial charge in [-0.3, -0.25) is 0 Å². The van der Waals surface area contributed by atoms with E-state index in [9.17, 15) is 4.79 Å². The minimum Gasteiger partial charge on any atom is -0.444 e. The number of rotatable bonds is 1. The van der Waals surface area contributed by atoms with Crippen LogP contribution >= 0.6 is 0 Å². The van der Waals surface area contributed by atoms with E-state index in [0.717, 1.165) is 6.61 Å². The van der Waals surface area contributed by atoms with Crippen molar-refractivity contribution >= 4 is 6.09 Å². The third-order valence-corrected chi connectivity index (χ3v) is 3.39. The van der Waals surface area contributed by atoms with E-state index in [2.05, 4.69) is 0 Å².